The number of amides is 1. The summed E-state index contributed by atoms with van der Waals surface area (Å²) in [5.74, 6) is 2.20. The van der Waals surface area contributed by atoms with Crippen LogP contribution in [-0.4, -0.2) is 45.5 Å². The van der Waals surface area contributed by atoms with E-state index in [1.54, 1.807) is 11.3 Å². The van der Waals surface area contributed by atoms with Crippen molar-refractivity contribution in [1.29, 1.82) is 0 Å². The fourth-order valence-electron chi connectivity index (χ4n) is 4.62. The van der Waals surface area contributed by atoms with Crippen LogP contribution in [0.25, 0.3) is 21.5 Å². The van der Waals surface area contributed by atoms with Crippen molar-refractivity contribution in [3.63, 3.8) is 0 Å². The molecule has 1 fully saturated rings. The summed E-state index contributed by atoms with van der Waals surface area (Å²) in [7, 11) is 0. The molecule has 3 heterocycles. The average molecular weight is 502 g/mol. The number of aryl methyl sites for hydroxylation is 1. The third kappa shape index (κ3) is 5.65. The molecule has 7 nitrogen and oxygen atoms in total. The summed E-state index contributed by atoms with van der Waals surface area (Å²) in [6.45, 7) is 5.68. The number of carbonyl (C=O) groups is 1. The fraction of sp³-hybridized carbons (Fsp3) is 0.357. The molecule has 1 saturated heterocycles. The number of fused-ring (bicyclic) bond motifs is 1. The summed E-state index contributed by atoms with van der Waals surface area (Å²) >= 11 is 1.62. The lowest BCUT2D eigenvalue weighted by molar-refractivity contribution is -0.133. The number of rotatable bonds is 7. The van der Waals surface area contributed by atoms with Gasteiger partial charge in [0.15, 0.2) is 6.61 Å². The van der Waals surface area contributed by atoms with Crippen molar-refractivity contribution in [2.45, 2.75) is 45.6 Å². The van der Waals surface area contributed by atoms with Crippen LogP contribution in [0.4, 0.5) is 5.82 Å². The van der Waals surface area contributed by atoms with Crippen molar-refractivity contribution >= 4 is 33.3 Å². The van der Waals surface area contributed by atoms with E-state index in [9.17, 15) is 4.79 Å². The molecule has 2 aromatic carbocycles. The summed E-state index contributed by atoms with van der Waals surface area (Å²) in [5.41, 5.74) is 5.72. The van der Waals surface area contributed by atoms with Gasteiger partial charge in [0.1, 0.15) is 17.4 Å². The van der Waals surface area contributed by atoms with Gasteiger partial charge < -0.3 is 15.0 Å². The molecule has 2 aromatic heterocycles. The van der Waals surface area contributed by atoms with Gasteiger partial charge in [-0.1, -0.05) is 37.1 Å². The molecule has 0 spiro atoms. The molecule has 0 bridgehead atoms. The first-order valence-electron chi connectivity index (χ1n) is 12.5. The molecule has 1 atom stereocenters. The summed E-state index contributed by atoms with van der Waals surface area (Å²) in [4.78, 5) is 28.3. The van der Waals surface area contributed by atoms with E-state index in [1.807, 2.05) is 59.8 Å². The van der Waals surface area contributed by atoms with Gasteiger partial charge in [0, 0.05) is 30.3 Å². The number of benzene rings is 2. The Hall–Kier alpha value is -3.52. The first-order chi connectivity index (χ1) is 17.6. The highest BCUT2D eigenvalue weighted by atomic mass is 32.1. The molecule has 1 N–H and O–H groups in total. The Morgan fingerprint density at radius 3 is 2.72 bits per heavy atom. The van der Waals surface area contributed by atoms with E-state index < -0.39 is 0 Å². The number of ether oxygens (including phenoxy) is 1. The Kier molecular flexibility index (Phi) is 7.41. The molecule has 0 saturated carbocycles. The highest BCUT2D eigenvalue weighted by Gasteiger charge is 2.18. The van der Waals surface area contributed by atoms with Gasteiger partial charge in [-0.15, -0.1) is 11.3 Å². The van der Waals surface area contributed by atoms with Crippen LogP contribution in [0.15, 0.2) is 54.0 Å². The number of hydrogen-bond donors (Lipinski definition) is 1. The van der Waals surface area contributed by atoms with E-state index >= 15 is 0 Å². The highest BCUT2D eigenvalue weighted by molar-refractivity contribution is 7.16. The molecule has 8 heteroatoms. The molecule has 4 aromatic rings. The Bertz CT molecular complexity index is 1350. The Morgan fingerprint density at radius 2 is 1.89 bits per heavy atom. The predicted molar refractivity (Wildman–Crippen MR) is 144 cm³/mol. The molecule has 1 unspecified atom stereocenters. The van der Waals surface area contributed by atoms with Gasteiger partial charge in [-0.05, 0) is 44.9 Å². The third-order valence-electron chi connectivity index (χ3n) is 6.52. The summed E-state index contributed by atoms with van der Waals surface area (Å²) in [5, 5.41) is 3.50. The number of carbonyl (C=O) groups excluding carboxylic acids is 1. The lowest BCUT2D eigenvalue weighted by Gasteiger charge is -2.22. The normalized spacial score (nSPS) is 14.9. The van der Waals surface area contributed by atoms with Crippen molar-refractivity contribution in [3.05, 3.63) is 65.4 Å². The summed E-state index contributed by atoms with van der Waals surface area (Å²) in [6, 6.07) is 15.9. The van der Waals surface area contributed by atoms with Gasteiger partial charge in [0.25, 0.3) is 5.91 Å². The minimum atomic E-state index is -0.0828. The first-order valence-corrected chi connectivity index (χ1v) is 13.4. The zero-order chi connectivity index (χ0) is 24.9. The zero-order valence-corrected chi connectivity index (χ0v) is 21.6. The second kappa shape index (κ2) is 11.0. The number of nitrogens with one attached hydrogen (secondary N) is 1. The molecule has 5 rings (SSSR count). The predicted octanol–water partition coefficient (Wildman–Crippen LogP) is 6.02. The Labute approximate surface area is 215 Å². The average Bonchev–Trinajstić information content (AvgIpc) is 3.18. The highest BCUT2D eigenvalue weighted by Crippen LogP contribution is 2.30. The molecule has 36 heavy (non-hydrogen) atoms. The molecular formula is C28H31N5O2S. The molecule has 0 aliphatic carbocycles. The Morgan fingerprint density at radius 1 is 1.08 bits per heavy atom. The Balaban J connectivity index is 1.30. The minimum Gasteiger partial charge on any atom is -0.483 e. The molecule has 1 amide bonds. The first kappa shape index (κ1) is 24.2. The number of anilines is 1. The summed E-state index contributed by atoms with van der Waals surface area (Å²) in [6.07, 6.45) is 4.53. The quantitative estimate of drug-likeness (QED) is 0.334. The number of nitrogens with zero attached hydrogens (tertiary/aromatic N) is 4. The molecular weight excluding hydrogens is 470 g/mol. The van der Waals surface area contributed by atoms with E-state index in [2.05, 4.69) is 33.3 Å². The van der Waals surface area contributed by atoms with E-state index in [0.717, 1.165) is 58.8 Å². The standard InChI is InChI=1S/C28H31N5O2S/c1-19(22-9-5-6-10-25(22)35-17-28(34)33-13-7-3-4-8-14-33)30-27-16-24(31-20(2)32-27)21-11-12-23-26(15-21)36-18-29-23/h5-6,9-12,15-16,18-19H,3-4,7-8,13-14,17H2,1-2H3,(H,30,31,32). The topological polar surface area (TPSA) is 80.2 Å². The number of para-hydroxylation sites is 1. The molecule has 1 aliphatic heterocycles. The summed E-state index contributed by atoms with van der Waals surface area (Å²) < 4.78 is 7.17. The third-order valence-corrected chi connectivity index (χ3v) is 7.32. The number of thiazole rings is 1. The van der Waals surface area contributed by atoms with Crippen molar-refractivity contribution in [2.75, 3.05) is 25.0 Å². The van der Waals surface area contributed by atoms with Crippen LogP contribution in [0.3, 0.4) is 0 Å². The monoisotopic (exact) mass is 501 g/mol. The fourth-order valence-corrected chi connectivity index (χ4v) is 5.34. The maximum atomic E-state index is 12.7. The van der Waals surface area contributed by atoms with Crippen molar-refractivity contribution in [1.82, 2.24) is 19.9 Å². The van der Waals surface area contributed by atoms with Gasteiger partial charge in [-0.2, -0.15) is 0 Å². The lowest BCUT2D eigenvalue weighted by atomic mass is 10.1. The smallest absolute Gasteiger partial charge is 0.260 e. The van der Waals surface area contributed by atoms with Crippen LogP contribution < -0.4 is 10.1 Å². The molecule has 1 aliphatic rings. The van der Waals surface area contributed by atoms with Crippen LogP contribution >= 0.6 is 11.3 Å². The number of likely N-dealkylation sites (tertiary alicyclic amines) is 1. The molecule has 186 valence electrons. The van der Waals surface area contributed by atoms with Gasteiger partial charge in [-0.3, -0.25) is 4.79 Å². The van der Waals surface area contributed by atoms with Gasteiger partial charge in [0.05, 0.1) is 27.5 Å². The van der Waals surface area contributed by atoms with Crippen LogP contribution in [0.1, 0.15) is 50.0 Å². The molecule has 0 radical (unpaired) electrons. The van der Waals surface area contributed by atoms with Crippen LogP contribution in [0.5, 0.6) is 5.75 Å². The second-order valence-electron chi connectivity index (χ2n) is 9.21. The van der Waals surface area contributed by atoms with Crippen molar-refractivity contribution in [2.24, 2.45) is 0 Å². The maximum Gasteiger partial charge on any atom is 0.260 e. The van der Waals surface area contributed by atoms with Gasteiger partial charge in [0.2, 0.25) is 0 Å². The van der Waals surface area contributed by atoms with Crippen LogP contribution in [-0.2, 0) is 4.79 Å². The van der Waals surface area contributed by atoms with Crippen LogP contribution in [0, 0.1) is 6.92 Å². The minimum absolute atomic E-state index is 0.0561. The van der Waals surface area contributed by atoms with Gasteiger partial charge >= 0.3 is 0 Å². The largest absolute Gasteiger partial charge is 0.483 e. The zero-order valence-electron chi connectivity index (χ0n) is 20.7. The second-order valence-corrected chi connectivity index (χ2v) is 10.1. The number of aromatic nitrogens is 3. The lowest BCUT2D eigenvalue weighted by Crippen LogP contribution is -2.35. The van der Waals surface area contributed by atoms with Crippen molar-refractivity contribution in [3.8, 4) is 17.0 Å². The maximum absolute atomic E-state index is 12.7. The van der Waals surface area contributed by atoms with E-state index in [-0.39, 0.29) is 18.6 Å². The number of hydrogen-bond acceptors (Lipinski definition) is 7. The van der Waals surface area contributed by atoms with E-state index in [4.69, 9.17) is 4.74 Å². The van der Waals surface area contributed by atoms with E-state index in [0.29, 0.717) is 11.6 Å². The SMILES string of the molecule is Cc1nc(NC(C)c2ccccc2OCC(=O)N2CCCCCC2)cc(-c2ccc3ncsc3c2)n1. The van der Waals surface area contributed by atoms with Crippen molar-refractivity contribution < 1.29 is 9.53 Å². The van der Waals surface area contributed by atoms with Gasteiger partial charge in [-0.25, -0.2) is 15.0 Å². The van der Waals surface area contributed by atoms with E-state index in [1.165, 1.54) is 12.8 Å². The van der Waals surface area contributed by atoms with Crippen LogP contribution in [0.2, 0.25) is 0 Å².